The summed E-state index contributed by atoms with van der Waals surface area (Å²) in [4.78, 5) is 12.8. The molecule has 0 aliphatic heterocycles. The van der Waals surface area contributed by atoms with Crippen LogP contribution in [-0.2, 0) is 6.18 Å². The molecule has 0 unspecified atom stereocenters. The van der Waals surface area contributed by atoms with E-state index in [1.807, 2.05) is 0 Å². The molecular weight excluding hydrogens is 446 g/mol. The van der Waals surface area contributed by atoms with Crippen LogP contribution in [0.2, 0.25) is 15.1 Å². The van der Waals surface area contributed by atoms with Crippen LogP contribution in [0.4, 0.5) is 19.0 Å². The van der Waals surface area contributed by atoms with Crippen molar-refractivity contribution in [2.75, 3.05) is 5.73 Å². The van der Waals surface area contributed by atoms with Gasteiger partial charge in [0.2, 0.25) is 0 Å². The van der Waals surface area contributed by atoms with Gasteiger partial charge in [-0.05, 0) is 36.4 Å². The van der Waals surface area contributed by atoms with Crippen molar-refractivity contribution in [1.29, 1.82) is 0 Å². The third kappa shape index (κ3) is 4.08. The molecule has 2 aromatic carbocycles. The fraction of sp³-hybridized carbons (Fsp3) is 0.0625. The second-order valence-corrected chi connectivity index (χ2v) is 7.67. The molecule has 0 saturated heterocycles. The fourth-order valence-electron chi connectivity index (χ4n) is 2.28. The summed E-state index contributed by atoms with van der Waals surface area (Å²) in [5, 5.41) is 3.14. The summed E-state index contributed by atoms with van der Waals surface area (Å²) in [5.41, 5.74) is 4.94. The van der Waals surface area contributed by atoms with Gasteiger partial charge in [-0.2, -0.15) is 13.2 Å². The molecule has 0 aliphatic rings. The highest BCUT2D eigenvalue weighted by molar-refractivity contribution is 7.99. The lowest BCUT2D eigenvalue weighted by Gasteiger charge is -2.11. The van der Waals surface area contributed by atoms with Crippen molar-refractivity contribution in [3.05, 3.63) is 67.4 Å². The van der Waals surface area contributed by atoms with Crippen molar-refractivity contribution >= 4 is 52.4 Å². The Morgan fingerprint density at radius 2 is 1.59 bits per heavy atom. The zero-order chi connectivity index (χ0) is 19.9. The van der Waals surface area contributed by atoms with Gasteiger partial charge in [-0.1, -0.05) is 46.6 Å². The molecule has 3 aromatic rings. The van der Waals surface area contributed by atoms with Crippen LogP contribution >= 0.6 is 46.6 Å². The molecule has 142 valence electrons. The van der Waals surface area contributed by atoms with E-state index >= 15 is 0 Å². The van der Waals surface area contributed by atoms with Gasteiger partial charge in [-0.3, -0.25) is 9.89 Å². The summed E-state index contributed by atoms with van der Waals surface area (Å²) in [5.74, 6) is 0.0102. The van der Waals surface area contributed by atoms with Crippen molar-refractivity contribution in [3.63, 3.8) is 0 Å². The van der Waals surface area contributed by atoms with Crippen molar-refractivity contribution in [2.24, 2.45) is 0 Å². The molecule has 0 amide bonds. The number of aromatic amines is 1. The van der Waals surface area contributed by atoms with Crippen molar-refractivity contribution in [2.45, 2.75) is 16.0 Å². The van der Waals surface area contributed by atoms with E-state index in [1.165, 1.54) is 28.9 Å². The molecular formula is C16H9Cl3F3N3OS. The van der Waals surface area contributed by atoms with Crippen LogP contribution in [0.3, 0.4) is 0 Å². The van der Waals surface area contributed by atoms with Crippen molar-refractivity contribution in [1.82, 2.24) is 9.78 Å². The van der Waals surface area contributed by atoms with E-state index in [0.29, 0.717) is 9.92 Å². The number of alkyl halides is 3. The van der Waals surface area contributed by atoms with Crippen LogP contribution in [0.25, 0.3) is 5.69 Å². The zero-order valence-corrected chi connectivity index (χ0v) is 16.2. The van der Waals surface area contributed by atoms with E-state index in [-0.39, 0.29) is 26.4 Å². The molecule has 4 nitrogen and oxygen atoms in total. The molecule has 3 N–H and O–H groups in total. The molecule has 0 atom stereocenters. The second kappa shape index (κ2) is 7.35. The topological polar surface area (TPSA) is 63.8 Å². The van der Waals surface area contributed by atoms with Crippen LogP contribution in [-0.4, -0.2) is 9.78 Å². The van der Waals surface area contributed by atoms with Gasteiger partial charge < -0.3 is 5.73 Å². The summed E-state index contributed by atoms with van der Waals surface area (Å²) in [6.45, 7) is 0. The van der Waals surface area contributed by atoms with Gasteiger partial charge in [0, 0.05) is 9.92 Å². The predicted octanol–water partition coefficient (Wildman–Crippen LogP) is 5.88. The largest absolute Gasteiger partial charge is 0.416 e. The quantitative estimate of drug-likeness (QED) is 0.519. The van der Waals surface area contributed by atoms with E-state index in [4.69, 9.17) is 40.5 Å². The number of nitrogen functional groups attached to an aromatic ring is 1. The normalized spacial score (nSPS) is 11.8. The van der Waals surface area contributed by atoms with Crippen LogP contribution in [0.5, 0.6) is 0 Å². The summed E-state index contributed by atoms with van der Waals surface area (Å²) >= 11 is 19.1. The van der Waals surface area contributed by atoms with Gasteiger partial charge in [-0.25, -0.2) is 4.68 Å². The number of benzene rings is 2. The predicted molar refractivity (Wildman–Crippen MR) is 101 cm³/mol. The third-order valence-electron chi connectivity index (χ3n) is 3.50. The van der Waals surface area contributed by atoms with Crippen LogP contribution in [0.1, 0.15) is 5.56 Å². The standard InChI is InChI=1S/C16H9Cl3F3N3OS/c17-8-5-10(18)12(11(19)6-8)25-14(23)13(15(26)24-25)27-9-3-1-7(2-4-9)16(20,21)22/h1-6H,23H2,(H,24,26). The molecule has 1 heterocycles. The molecule has 0 bridgehead atoms. The number of H-pyrrole nitrogens is 1. The highest BCUT2D eigenvalue weighted by Gasteiger charge is 2.30. The number of nitrogens with two attached hydrogens (primary N) is 1. The monoisotopic (exact) mass is 453 g/mol. The van der Waals surface area contributed by atoms with E-state index in [9.17, 15) is 18.0 Å². The van der Waals surface area contributed by atoms with Crippen LogP contribution in [0.15, 0.2) is 51.0 Å². The van der Waals surface area contributed by atoms with Gasteiger partial charge in [0.15, 0.2) is 0 Å². The highest BCUT2D eigenvalue weighted by Crippen LogP contribution is 2.37. The number of hydrogen-bond acceptors (Lipinski definition) is 3. The maximum Gasteiger partial charge on any atom is 0.416 e. The molecule has 0 radical (unpaired) electrons. The van der Waals surface area contributed by atoms with Gasteiger partial charge in [0.1, 0.15) is 16.4 Å². The Morgan fingerprint density at radius 1 is 1.04 bits per heavy atom. The number of aromatic nitrogens is 2. The van der Waals surface area contributed by atoms with Crippen LogP contribution in [0, 0.1) is 0 Å². The number of nitrogens with one attached hydrogen (secondary N) is 1. The smallest absolute Gasteiger partial charge is 0.383 e. The molecule has 0 aliphatic carbocycles. The summed E-state index contributed by atoms with van der Waals surface area (Å²) in [6, 6.07) is 7.24. The average molecular weight is 455 g/mol. The Morgan fingerprint density at radius 3 is 2.11 bits per heavy atom. The lowest BCUT2D eigenvalue weighted by atomic mass is 10.2. The Hall–Kier alpha value is -1.74. The first kappa shape index (κ1) is 20.0. The second-order valence-electron chi connectivity index (χ2n) is 5.33. The maximum atomic E-state index is 12.7. The average Bonchev–Trinajstić information content (AvgIpc) is 2.82. The third-order valence-corrected chi connectivity index (χ3v) is 5.40. The van der Waals surface area contributed by atoms with Crippen LogP contribution < -0.4 is 11.3 Å². The molecule has 0 spiro atoms. The summed E-state index contributed by atoms with van der Waals surface area (Å²) in [6.07, 6.45) is -4.44. The molecule has 0 fully saturated rings. The lowest BCUT2D eigenvalue weighted by molar-refractivity contribution is -0.137. The first-order valence-corrected chi connectivity index (χ1v) is 9.13. The molecule has 27 heavy (non-hydrogen) atoms. The fourth-order valence-corrected chi connectivity index (χ4v) is 4.11. The Balaban J connectivity index is 1.99. The first-order chi connectivity index (χ1) is 12.6. The number of rotatable bonds is 3. The van der Waals surface area contributed by atoms with Crippen molar-refractivity contribution in [3.8, 4) is 5.69 Å². The Bertz CT molecular complexity index is 1040. The zero-order valence-electron chi connectivity index (χ0n) is 13.1. The minimum Gasteiger partial charge on any atom is -0.383 e. The molecule has 1 aromatic heterocycles. The van der Waals surface area contributed by atoms with E-state index in [2.05, 4.69) is 5.10 Å². The molecule has 3 rings (SSSR count). The SMILES string of the molecule is Nc1c(Sc2ccc(C(F)(F)F)cc2)c(=O)[nH]n1-c1c(Cl)cc(Cl)cc1Cl. The van der Waals surface area contributed by atoms with E-state index < -0.39 is 17.3 Å². The van der Waals surface area contributed by atoms with E-state index in [1.54, 1.807) is 0 Å². The summed E-state index contributed by atoms with van der Waals surface area (Å²) in [7, 11) is 0. The Labute approximate surface area is 170 Å². The molecule has 0 saturated carbocycles. The molecule has 11 heteroatoms. The van der Waals surface area contributed by atoms with Crippen molar-refractivity contribution < 1.29 is 13.2 Å². The number of halogens is 6. The minimum absolute atomic E-state index is 0.0102. The number of anilines is 1. The van der Waals surface area contributed by atoms with E-state index in [0.717, 1.165) is 23.9 Å². The highest BCUT2D eigenvalue weighted by atomic mass is 35.5. The minimum atomic E-state index is -4.44. The Kier molecular flexibility index (Phi) is 5.45. The lowest BCUT2D eigenvalue weighted by Crippen LogP contribution is -2.06. The summed E-state index contributed by atoms with van der Waals surface area (Å²) < 4.78 is 39.2. The maximum absolute atomic E-state index is 12.7. The van der Waals surface area contributed by atoms with Gasteiger partial charge >= 0.3 is 6.18 Å². The van der Waals surface area contributed by atoms with Gasteiger partial charge in [0.05, 0.1) is 15.6 Å². The van der Waals surface area contributed by atoms with Gasteiger partial charge in [0.25, 0.3) is 5.56 Å². The van der Waals surface area contributed by atoms with Gasteiger partial charge in [-0.15, -0.1) is 0 Å². The number of nitrogens with zero attached hydrogens (tertiary/aromatic N) is 1. The first-order valence-electron chi connectivity index (χ1n) is 7.18. The number of hydrogen-bond donors (Lipinski definition) is 2.